The Hall–Kier alpha value is -1.96. The van der Waals surface area contributed by atoms with E-state index in [1.165, 1.54) is 4.90 Å². The number of nitrogens with two attached hydrogens (primary N) is 1. The van der Waals surface area contributed by atoms with Crippen molar-refractivity contribution in [2.45, 2.75) is 13.5 Å². The van der Waals surface area contributed by atoms with Gasteiger partial charge in [-0.15, -0.1) is 6.42 Å². The zero-order valence-corrected chi connectivity index (χ0v) is 8.90. The third-order valence-electron chi connectivity index (χ3n) is 1.99. The predicted molar refractivity (Wildman–Crippen MR) is 58.1 cm³/mol. The molecule has 1 amide bonds. The van der Waals surface area contributed by atoms with Gasteiger partial charge in [-0.25, -0.2) is 0 Å². The molecule has 0 saturated carbocycles. The molecule has 5 nitrogen and oxygen atoms in total. The summed E-state index contributed by atoms with van der Waals surface area (Å²) in [7, 11) is 1.62. The number of nitrogen functional groups attached to an aromatic ring is 1. The molecule has 0 aliphatic rings. The van der Waals surface area contributed by atoms with E-state index in [1.54, 1.807) is 17.9 Å². The molecule has 1 aromatic heterocycles. The van der Waals surface area contributed by atoms with Crippen LogP contribution in [-0.2, 0) is 6.54 Å². The molecule has 5 heteroatoms. The van der Waals surface area contributed by atoms with E-state index in [0.29, 0.717) is 12.2 Å². The SMILES string of the molecule is C#CCN(C)C(=O)c1nn(CC)cc1N. The summed E-state index contributed by atoms with van der Waals surface area (Å²) >= 11 is 0. The third kappa shape index (κ3) is 2.29. The van der Waals surface area contributed by atoms with Gasteiger partial charge in [-0.05, 0) is 6.92 Å². The van der Waals surface area contributed by atoms with Crippen molar-refractivity contribution in [2.24, 2.45) is 0 Å². The van der Waals surface area contributed by atoms with Crippen LogP contribution in [0.4, 0.5) is 5.69 Å². The number of aryl methyl sites for hydroxylation is 1. The minimum atomic E-state index is -0.252. The topological polar surface area (TPSA) is 64.2 Å². The van der Waals surface area contributed by atoms with Gasteiger partial charge in [-0.1, -0.05) is 5.92 Å². The zero-order chi connectivity index (χ0) is 11.4. The molecule has 80 valence electrons. The first-order valence-corrected chi connectivity index (χ1v) is 4.62. The van der Waals surface area contributed by atoms with Crippen LogP contribution < -0.4 is 5.73 Å². The van der Waals surface area contributed by atoms with E-state index in [4.69, 9.17) is 12.2 Å². The van der Waals surface area contributed by atoms with Crippen molar-refractivity contribution in [1.29, 1.82) is 0 Å². The highest BCUT2D eigenvalue weighted by atomic mass is 16.2. The molecule has 0 spiro atoms. The standard InChI is InChI=1S/C10H14N4O/c1-4-6-13(3)10(15)9-8(11)7-14(5-2)12-9/h1,7H,5-6,11H2,2-3H3. The largest absolute Gasteiger partial charge is 0.396 e. The van der Waals surface area contributed by atoms with Gasteiger partial charge in [0, 0.05) is 19.8 Å². The Labute approximate surface area is 88.9 Å². The smallest absolute Gasteiger partial charge is 0.277 e. The minimum absolute atomic E-state index is 0.247. The molecule has 1 heterocycles. The highest BCUT2D eigenvalue weighted by molar-refractivity contribution is 5.97. The molecule has 0 unspecified atom stereocenters. The third-order valence-corrected chi connectivity index (χ3v) is 1.99. The molecule has 1 rings (SSSR count). The van der Waals surface area contributed by atoms with Gasteiger partial charge >= 0.3 is 0 Å². The lowest BCUT2D eigenvalue weighted by Crippen LogP contribution is -2.28. The summed E-state index contributed by atoms with van der Waals surface area (Å²) in [4.78, 5) is 13.2. The first-order valence-electron chi connectivity index (χ1n) is 4.62. The van der Waals surface area contributed by atoms with Crippen LogP contribution in [0.1, 0.15) is 17.4 Å². The molecule has 0 atom stereocenters. The molecule has 0 fully saturated rings. The number of anilines is 1. The van der Waals surface area contributed by atoms with Gasteiger partial charge in [0.15, 0.2) is 5.69 Å². The fourth-order valence-corrected chi connectivity index (χ4v) is 1.15. The Morgan fingerprint density at radius 3 is 2.93 bits per heavy atom. The van der Waals surface area contributed by atoms with E-state index in [-0.39, 0.29) is 18.1 Å². The van der Waals surface area contributed by atoms with Gasteiger partial charge in [0.25, 0.3) is 5.91 Å². The fourth-order valence-electron chi connectivity index (χ4n) is 1.15. The van der Waals surface area contributed by atoms with Crippen molar-refractivity contribution >= 4 is 11.6 Å². The first-order chi connectivity index (χ1) is 7.10. The molecule has 0 radical (unpaired) electrons. The van der Waals surface area contributed by atoms with Crippen LogP contribution in [0.15, 0.2) is 6.20 Å². The Balaban J connectivity index is 2.91. The Morgan fingerprint density at radius 1 is 1.80 bits per heavy atom. The predicted octanol–water partition coefficient (Wildman–Crippen LogP) is 0.190. The number of hydrogen-bond donors (Lipinski definition) is 1. The molecule has 0 aliphatic carbocycles. The number of nitrogens with zero attached hydrogens (tertiary/aromatic N) is 3. The summed E-state index contributed by atoms with van der Waals surface area (Å²) in [6.07, 6.45) is 6.75. The van der Waals surface area contributed by atoms with Gasteiger partial charge in [0.2, 0.25) is 0 Å². The van der Waals surface area contributed by atoms with Crippen LogP contribution in [0, 0.1) is 12.3 Å². The van der Waals surface area contributed by atoms with E-state index in [0.717, 1.165) is 0 Å². The van der Waals surface area contributed by atoms with Crippen molar-refractivity contribution in [2.75, 3.05) is 19.3 Å². The lowest BCUT2D eigenvalue weighted by molar-refractivity contribution is 0.0807. The molecule has 0 saturated heterocycles. The van der Waals surface area contributed by atoms with Crippen molar-refractivity contribution in [3.63, 3.8) is 0 Å². The van der Waals surface area contributed by atoms with Crippen LogP contribution in [0.2, 0.25) is 0 Å². The van der Waals surface area contributed by atoms with E-state index in [2.05, 4.69) is 11.0 Å². The average molecular weight is 206 g/mol. The van der Waals surface area contributed by atoms with Crippen molar-refractivity contribution < 1.29 is 4.79 Å². The lowest BCUT2D eigenvalue weighted by Gasteiger charge is -2.11. The molecule has 2 N–H and O–H groups in total. The Morgan fingerprint density at radius 2 is 2.47 bits per heavy atom. The quantitative estimate of drug-likeness (QED) is 0.718. The molecular formula is C10H14N4O. The summed E-state index contributed by atoms with van der Waals surface area (Å²) in [6.45, 7) is 2.85. The molecule has 0 aliphatic heterocycles. The second-order valence-corrected chi connectivity index (χ2v) is 3.15. The summed E-state index contributed by atoms with van der Waals surface area (Å²) < 4.78 is 1.62. The summed E-state index contributed by atoms with van der Waals surface area (Å²) in [6, 6.07) is 0. The molecule has 0 aromatic carbocycles. The fraction of sp³-hybridized carbons (Fsp3) is 0.400. The van der Waals surface area contributed by atoms with Crippen LogP contribution in [0.5, 0.6) is 0 Å². The van der Waals surface area contributed by atoms with Crippen LogP contribution in [0.3, 0.4) is 0 Å². The maximum atomic E-state index is 11.8. The number of rotatable bonds is 3. The van der Waals surface area contributed by atoms with Gasteiger partial charge in [0.1, 0.15) is 0 Å². The van der Waals surface area contributed by atoms with Crippen molar-refractivity contribution in [3.8, 4) is 12.3 Å². The van der Waals surface area contributed by atoms with E-state index in [9.17, 15) is 4.79 Å². The number of carbonyl (C=O) groups is 1. The number of aromatic nitrogens is 2. The maximum Gasteiger partial charge on any atom is 0.277 e. The zero-order valence-electron chi connectivity index (χ0n) is 8.90. The van der Waals surface area contributed by atoms with E-state index >= 15 is 0 Å². The summed E-state index contributed by atoms with van der Waals surface area (Å²) in [5, 5.41) is 4.06. The number of carbonyl (C=O) groups excluding carboxylic acids is 1. The van der Waals surface area contributed by atoms with Crippen molar-refractivity contribution in [3.05, 3.63) is 11.9 Å². The lowest BCUT2D eigenvalue weighted by atomic mass is 10.3. The minimum Gasteiger partial charge on any atom is -0.396 e. The van der Waals surface area contributed by atoms with Gasteiger partial charge in [-0.3, -0.25) is 9.48 Å². The van der Waals surface area contributed by atoms with Crippen LogP contribution >= 0.6 is 0 Å². The van der Waals surface area contributed by atoms with Crippen LogP contribution in [-0.4, -0.2) is 34.2 Å². The molecule has 15 heavy (non-hydrogen) atoms. The van der Waals surface area contributed by atoms with Crippen molar-refractivity contribution in [1.82, 2.24) is 14.7 Å². The number of terminal acetylenes is 1. The number of amides is 1. The average Bonchev–Trinajstić information content (AvgIpc) is 2.59. The monoisotopic (exact) mass is 206 g/mol. The summed E-state index contributed by atoms with van der Waals surface area (Å²) in [5.41, 5.74) is 6.31. The highest BCUT2D eigenvalue weighted by Crippen LogP contribution is 2.11. The molecule has 0 bridgehead atoms. The van der Waals surface area contributed by atoms with Gasteiger partial charge in [0.05, 0.1) is 12.2 Å². The van der Waals surface area contributed by atoms with E-state index in [1.807, 2.05) is 6.92 Å². The second-order valence-electron chi connectivity index (χ2n) is 3.15. The van der Waals surface area contributed by atoms with Gasteiger partial charge < -0.3 is 10.6 Å². The normalized spacial score (nSPS) is 9.67. The Bertz CT molecular complexity index is 402. The maximum absolute atomic E-state index is 11.8. The summed E-state index contributed by atoms with van der Waals surface area (Å²) in [5.74, 6) is 2.14. The number of hydrogen-bond acceptors (Lipinski definition) is 3. The Kier molecular flexibility index (Phi) is 3.34. The molecular weight excluding hydrogens is 192 g/mol. The first kappa shape index (κ1) is 11.1. The van der Waals surface area contributed by atoms with Gasteiger partial charge in [-0.2, -0.15) is 5.10 Å². The van der Waals surface area contributed by atoms with E-state index < -0.39 is 0 Å². The highest BCUT2D eigenvalue weighted by Gasteiger charge is 2.17. The van der Waals surface area contributed by atoms with Crippen LogP contribution in [0.25, 0.3) is 0 Å². The molecule has 1 aromatic rings. The second kappa shape index (κ2) is 4.51.